The Morgan fingerprint density at radius 3 is 2.72 bits per heavy atom. The summed E-state index contributed by atoms with van der Waals surface area (Å²) in [5, 5.41) is 13.8. The first kappa shape index (κ1) is 20.2. The molecule has 2 aromatic rings. The van der Waals surface area contributed by atoms with Crippen LogP contribution in [-0.2, 0) is 4.79 Å². The number of benzene rings is 2. The average molecular weight is 582 g/mol. The van der Waals surface area contributed by atoms with Gasteiger partial charge in [-0.1, -0.05) is 22.0 Å². The lowest BCUT2D eigenvalue weighted by molar-refractivity contribution is -0.123. The number of phenolic OH excluding ortho intramolecular Hbond substituents is 1. The van der Waals surface area contributed by atoms with E-state index in [-0.39, 0.29) is 12.4 Å². The summed E-state index contributed by atoms with van der Waals surface area (Å²) < 4.78 is 7.85. The van der Waals surface area contributed by atoms with Crippen LogP contribution in [0, 0.1) is 17.4 Å². The molecule has 8 heteroatoms. The van der Waals surface area contributed by atoms with Gasteiger partial charge in [0.1, 0.15) is 11.5 Å². The van der Waals surface area contributed by atoms with Gasteiger partial charge in [-0.3, -0.25) is 4.79 Å². The predicted molar refractivity (Wildman–Crippen MR) is 113 cm³/mol. The van der Waals surface area contributed by atoms with E-state index >= 15 is 0 Å². The van der Waals surface area contributed by atoms with Crippen molar-refractivity contribution in [3.63, 3.8) is 0 Å². The molecule has 2 aromatic carbocycles. The van der Waals surface area contributed by atoms with E-state index in [1.54, 1.807) is 12.1 Å². The highest BCUT2D eigenvalue weighted by atomic mass is 127. The maximum atomic E-state index is 11.9. The molecule has 0 aliphatic carbocycles. The zero-order chi connectivity index (χ0) is 18.6. The Morgan fingerprint density at radius 1 is 1.32 bits per heavy atom. The molecule has 0 aliphatic heterocycles. The molecule has 0 saturated carbocycles. The number of nitrogens with one attached hydrogen (secondary N) is 1. The van der Waals surface area contributed by atoms with E-state index in [2.05, 4.69) is 42.4 Å². The molecule has 132 valence electrons. The summed E-state index contributed by atoms with van der Waals surface area (Å²) in [6.07, 6.45) is 1.38. The fraction of sp³-hybridized carbons (Fsp3) is 0.176. The molecule has 0 saturated heterocycles. The Labute approximate surface area is 176 Å². The van der Waals surface area contributed by atoms with Gasteiger partial charge in [0, 0.05) is 10.0 Å². The van der Waals surface area contributed by atoms with Crippen molar-refractivity contribution in [2.45, 2.75) is 13.8 Å². The standard InChI is InChI=1S/C17H15Br2IN2O3/c1-9-3-10(2)17(13(19)4-9)25-8-15(23)22-21-7-11-5-12(18)6-14(20)16(11)24/h3-7,24H,8H2,1-2H3,(H,22,23). The molecule has 25 heavy (non-hydrogen) atoms. The fourth-order valence-corrected chi connectivity index (χ4v) is 4.45. The molecule has 0 atom stereocenters. The smallest absolute Gasteiger partial charge is 0.277 e. The van der Waals surface area contributed by atoms with Crippen LogP contribution in [-0.4, -0.2) is 23.8 Å². The van der Waals surface area contributed by atoms with Crippen LogP contribution in [0.1, 0.15) is 16.7 Å². The minimum Gasteiger partial charge on any atom is -0.506 e. The molecule has 2 N–H and O–H groups in total. The summed E-state index contributed by atoms with van der Waals surface area (Å²) in [5.74, 6) is 0.341. The third kappa shape index (κ3) is 5.68. The number of aryl methyl sites for hydroxylation is 2. The number of halogens is 3. The van der Waals surface area contributed by atoms with Crippen molar-refractivity contribution in [1.82, 2.24) is 5.43 Å². The Bertz CT molecular complexity index is 818. The molecule has 0 spiro atoms. The molecule has 0 aromatic heterocycles. The van der Waals surface area contributed by atoms with Crippen molar-refractivity contribution in [2.75, 3.05) is 6.61 Å². The van der Waals surface area contributed by atoms with Crippen molar-refractivity contribution in [3.05, 3.63) is 53.5 Å². The van der Waals surface area contributed by atoms with E-state index in [9.17, 15) is 9.90 Å². The van der Waals surface area contributed by atoms with Crippen molar-refractivity contribution in [3.8, 4) is 11.5 Å². The molecular weight excluding hydrogens is 567 g/mol. The lowest BCUT2D eigenvalue weighted by Gasteiger charge is -2.11. The lowest BCUT2D eigenvalue weighted by atomic mass is 10.1. The number of hydrogen-bond acceptors (Lipinski definition) is 4. The van der Waals surface area contributed by atoms with Crippen LogP contribution in [0.25, 0.3) is 0 Å². The maximum Gasteiger partial charge on any atom is 0.277 e. The van der Waals surface area contributed by atoms with E-state index in [4.69, 9.17) is 4.74 Å². The second kappa shape index (κ2) is 9.00. The molecule has 0 bridgehead atoms. The molecular formula is C17H15Br2IN2O3. The quantitative estimate of drug-likeness (QED) is 0.306. The summed E-state index contributed by atoms with van der Waals surface area (Å²) in [7, 11) is 0. The molecule has 2 rings (SSSR count). The predicted octanol–water partition coefficient (Wildman–Crippen LogP) is 4.67. The minimum atomic E-state index is -0.396. The first-order valence-electron chi connectivity index (χ1n) is 7.17. The summed E-state index contributed by atoms with van der Waals surface area (Å²) in [5.41, 5.74) is 4.92. The lowest BCUT2D eigenvalue weighted by Crippen LogP contribution is -2.24. The number of rotatable bonds is 5. The minimum absolute atomic E-state index is 0.109. The number of hydrazone groups is 1. The third-order valence-corrected chi connectivity index (χ3v) is 5.04. The number of aromatic hydroxyl groups is 1. The van der Waals surface area contributed by atoms with E-state index in [0.29, 0.717) is 14.9 Å². The van der Waals surface area contributed by atoms with Crippen LogP contribution in [0.3, 0.4) is 0 Å². The Hall–Kier alpha value is -1.13. The summed E-state index contributed by atoms with van der Waals surface area (Å²) in [6.45, 7) is 3.74. The van der Waals surface area contributed by atoms with E-state index < -0.39 is 5.91 Å². The van der Waals surface area contributed by atoms with Crippen LogP contribution >= 0.6 is 54.5 Å². The molecule has 0 radical (unpaired) electrons. The molecule has 0 aliphatic rings. The van der Waals surface area contributed by atoms with Crippen molar-refractivity contribution >= 4 is 66.6 Å². The van der Waals surface area contributed by atoms with E-state index in [1.165, 1.54) is 6.21 Å². The van der Waals surface area contributed by atoms with Gasteiger partial charge in [-0.15, -0.1) is 0 Å². The van der Waals surface area contributed by atoms with Gasteiger partial charge in [-0.2, -0.15) is 5.10 Å². The average Bonchev–Trinajstić information content (AvgIpc) is 2.50. The van der Waals surface area contributed by atoms with Gasteiger partial charge in [0.2, 0.25) is 0 Å². The highest BCUT2D eigenvalue weighted by Gasteiger charge is 2.09. The van der Waals surface area contributed by atoms with E-state index in [1.807, 2.05) is 48.6 Å². The van der Waals surface area contributed by atoms with Crippen LogP contribution in [0.4, 0.5) is 0 Å². The zero-order valence-electron chi connectivity index (χ0n) is 13.4. The van der Waals surface area contributed by atoms with Gasteiger partial charge < -0.3 is 9.84 Å². The normalized spacial score (nSPS) is 10.9. The number of ether oxygens (including phenoxy) is 1. The second-order valence-corrected chi connectivity index (χ2v) is 8.23. The largest absolute Gasteiger partial charge is 0.506 e. The molecule has 0 fully saturated rings. The third-order valence-electron chi connectivity index (χ3n) is 3.17. The summed E-state index contributed by atoms with van der Waals surface area (Å²) in [6, 6.07) is 7.39. The maximum absolute atomic E-state index is 11.9. The number of carbonyl (C=O) groups excluding carboxylic acids is 1. The molecule has 1 amide bonds. The Balaban J connectivity index is 1.96. The van der Waals surface area contributed by atoms with Crippen LogP contribution in [0.5, 0.6) is 11.5 Å². The SMILES string of the molecule is Cc1cc(C)c(OCC(=O)NN=Cc2cc(Br)cc(I)c2O)c(Br)c1. The van der Waals surface area contributed by atoms with Crippen LogP contribution in [0.15, 0.2) is 38.3 Å². The first-order valence-corrected chi connectivity index (χ1v) is 9.84. The molecule has 0 unspecified atom stereocenters. The van der Waals surface area contributed by atoms with E-state index in [0.717, 1.165) is 20.1 Å². The highest BCUT2D eigenvalue weighted by Crippen LogP contribution is 2.30. The Kier molecular flexibility index (Phi) is 7.26. The number of hydrogen-bond donors (Lipinski definition) is 2. The summed E-state index contributed by atoms with van der Waals surface area (Å²) in [4.78, 5) is 11.9. The van der Waals surface area contributed by atoms with Crippen molar-refractivity contribution in [1.29, 1.82) is 0 Å². The molecule has 0 heterocycles. The van der Waals surface area contributed by atoms with Gasteiger partial charge in [0.25, 0.3) is 5.91 Å². The Morgan fingerprint density at radius 2 is 2.04 bits per heavy atom. The van der Waals surface area contributed by atoms with Crippen molar-refractivity contribution < 1.29 is 14.6 Å². The van der Waals surface area contributed by atoms with Gasteiger partial charge in [0.15, 0.2) is 6.61 Å². The van der Waals surface area contributed by atoms with Gasteiger partial charge in [-0.05, 0) is 81.7 Å². The zero-order valence-corrected chi connectivity index (χ0v) is 18.8. The monoisotopic (exact) mass is 580 g/mol. The number of carbonyl (C=O) groups is 1. The summed E-state index contributed by atoms with van der Waals surface area (Å²) >= 11 is 8.80. The van der Waals surface area contributed by atoms with Gasteiger partial charge >= 0.3 is 0 Å². The van der Waals surface area contributed by atoms with Crippen LogP contribution < -0.4 is 10.2 Å². The van der Waals surface area contributed by atoms with Crippen molar-refractivity contribution in [2.24, 2.45) is 5.10 Å². The number of nitrogens with zero attached hydrogens (tertiary/aromatic N) is 1. The topological polar surface area (TPSA) is 70.9 Å². The van der Waals surface area contributed by atoms with Crippen LogP contribution in [0.2, 0.25) is 0 Å². The van der Waals surface area contributed by atoms with Gasteiger partial charge in [-0.25, -0.2) is 5.43 Å². The van der Waals surface area contributed by atoms with Gasteiger partial charge in [0.05, 0.1) is 14.3 Å². The highest BCUT2D eigenvalue weighted by molar-refractivity contribution is 14.1. The molecule has 5 nitrogen and oxygen atoms in total. The number of amides is 1. The fourth-order valence-electron chi connectivity index (χ4n) is 2.11. The number of phenols is 1. The first-order chi connectivity index (χ1) is 11.8. The second-order valence-electron chi connectivity index (χ2n) is 5.30.